The number of carbonyl (C=O) groups excluding carboxylic acids is 1. The molecule has 2 N–H and O–H groups in total. The Labute approximate surface area is 135 Å². The van der Waals surface area contributed by atoms with Crippen molar-refractivity contribution in [2.75, 3.05) is 20.2 Å². The summed E-state index contributed by atoms with van der Waals surface area (Å²) in [7, 11) is 1.57. The summed E-state index contributed by atoms with van der Waals surface area (Å²) in [5.74, 6) is 0.0703. The lowest BCUT2D eigenvalue weighted by molar-refractivity contribution is -0.134. The molecule has 0 radical (unpaired) electrons. The third-order valence-corrected chi connectivity index (χ3v) is 4.64. The highest BCUT2D eigenvalue weighted by molar-refractivity contribution is 6.42. The molecule has 1 heterocycles. The summed E-state index contributed by atoms with van der Waals surface area (Å²) in [6, 6.07) is 5.61. The fraction of sp³-hybridized carbons (Fsp3) is 0.533. The summed E-state index contributed by atoms with van der Waals surface area (Å²) in [6.45, 7) is 1.10. The number of hydrogen-bond donors (Lipinski definition) is 1. The van der Waals surface area contributed by atoms with Crippen LogP contribution >= 0.6 is 23.2 Å². The van der Waals surface area contributed by atoms with Crippen LogP contribution in [0.1, 0.15) is 30.9 Å². The second-order valence-electron chi connectivity index (χ2n) is 5.22. The van der Waals surface area contributed by atoms with Crippen LogP contribution in [0.4, 0.5) is 0 Å². The van der Waals surface area contributed by atoms with Gasteiger partial charge in [0.2, 0.25) is 5.91 Å². The van der Waals surface area contributed by atoms with Crippen LogP contribution in [0, 0.1) is 0 Å². The number of methoxy groups -OCH3 is 1. The quantitative estimate of drug-likeness (QED) is 0.902. The van der Waals surface area contributed by atoms with Gasteiger partial charge in [0.05, 0.1) is 28.6 Å². The maximum atomic E-state index is 12.4. The number of nitrogens with two attached hydrogens (primary N) is 1. The SMILES string of the molecule is COC(CN)CC(=O)N1CCCC1c1ccc(Cl)c(Cl)c1. The molecule has 1 aliphatic heterocycles. The molecule has 2 rings (SSSR count). The molecular weight excluding hydrogens is 311 g/mol. The van der Waals surface area contributed by atoms with Crippen molar-refractivity contribution < 1.29 is 9.53 Å². The van der Waals surface area contributed by atoms with Crippen molar-refractivity contribution >= 4 is 29.1 Å². The smallest absolute Gasteiger partial charge is 0.225 e. The number of ether oxygens (including phenoxy) is 1. The molecule has 2 atom stereocenters. The Hall–Kier alpha value is -0.810. The lowest BCUT2D eigenvalue weighted by atomic mass is 10.0. The molecule has 0 aliphatic carbocycles. The van der Waals surface area contributed by atoms with Crippen molar-refractivity contribution in [3.8, 4) is 0 Å². The number of nitrogens with zero attached hydrogens (tertiary/aromatic N) is 1. The molecule has 0 bridgehead atoms. The first-order chi connectivity index (χ1) is 10.1. The molecule has 2 unspecified atom stereocenters. The number of amides is 1. The zero-order valence-corrected chi connectivity index (χ0v) is 13.5. The Morgan fingerprint density at radius 2 is 2.24 bits per heavy atom. The minimum absolute atomic E-state index is 0.0579. The number of halogens is 2. The van der Waals surface area contributed by atoms with Gasteiger partial charge >= 0.3 is 0 Å². The van der Waals surface area contributed by atoms with Gasteiger partial charge < -0.3 is 15.4 Å². The van der Waals surface area contributed by atoms with E-state index in [0.717, 1.165) is 24.9 Å². The van der Waals surface area contributed by atoms with Gasteiger partial charge in [0, 0.05) is 20.2 Å². The minimum atomic E-state index is -0.229. The highest BCUT2D eigenvalue weighted by Gasteiger charge is 2.31. The van der Waals surface area contributed by atoms with E-state index in [2.05, 4.69) is 0 Å². The molecule has 0 aromatic heterocycles. The van der Waals surface area contributed by atoms with Gasteiger partial charge in [-0.25, -0.2) is 0 Å². The molecule has 1 aliphatic rings. The highest BCUT2D eigenvalue weighted by Crippen LogP contribution is 2.35. The van der Waals surface area contributed by atoms with Crippen LogP contribution in [-0.4, -0.2) is 37.1 Å². The predicted molar refractivity (Wildman–Crippen MR) is 84.6 cm³/mol. The Balaban J connectivity index is 2.12. The summed E-state index contributed by atoms with van der Waals surface area (Å²) < 4.78 is 5.19. The van der Waals surface area contributed by atoms with E-state index in [1.165, 1.54) is 0 Å². The van der Waals surface area contributed by atoms with E-state index >= 15 is 0 Å². The van der Waals surface area contributed by atoms with Gasteiger partial charge in [-0.3, -0.25) is 4.79 Å². The third-order valence-electron chi connectivity index (χ3n) is 3.90. The first-order valence-electron chi connectivity index (χ1n) is 7.04. The predicted octanol–water partition coefficient (Wildman–Crippen LogP) is 3.02. The molecule has 1 amide bonds. The van der Waals surface area contributed by atoms with Crippen molar-refractivity contribution in [2.45, 2.75) is 31.4 Å². The lowest BCUT2D eigenvalue weighted by Crippen LogP contribution is -2.35. The molecule has 1 saturated heterocycles. The van der Waals surface area contributed by atoms with Crippen molar-refractivity contribution in [1.29, 1.82) is 0 Å². The topological polar surface area (TPSA) is 55.6 Å². The second kappa shape index (κ2) is 7.45. The summed E-state index contributed by atoms with van der Waals surface area (Å²) in [5, 5.41) is 1.05. The number of likely N-dealkylation sites (tertiary alicyclic amines) is 1. The minimum Gasteiger partial charge on any atom is -0.380 e. The Morgan fingerprint density at radius 3 is 2.86 bits per heavy atom. The van der Waals surface area contributed by atoms with E-state index in [1.54, 1.807) is 13.2 Å². The van der Waals surface area contributed by atoms with E-state index < -0.39 is 0 Å². The Bertz CT molecular complexity index is 506. The highest BCUT2D eigenvalue weighted by atomic mass is 35.5. The van der Waals surface area contributed by atoms with Crippen molar-refractivity contribution in [1.82, 2.24) is 4.90 Å². The van der Waals surface area contributed by atoms with Gasteiger partial charge in [0.25, 0.3) is 0 Å². The van der Waals surface area contributed by atoms with E-state index in [-0.39, 0.29) is 18.1 Å². The van der Waals surface area contributed by atoms with Gasteiger partial charge in [-0.2, -0.15) is 0 Å². The number of rotatable bonds is 5. The summed E-state index contributed by atoms with van der Waals surface area (Å²) >= 11 is 12.0. The molecule has 116 valence electrons. The molecule has 0 saturated carbocycles. The van der Waals surface area contributed by atoms with E-state index in [4.69, 9.17) is 33.7 Å². The zero-order valence-electron chi connectivity index (χ0n) is 12.0. The maximum Gasteiger partial charge on any atom is 0.225 e. The fourth-order valence-corrected chi connectivity index (χ4v) is 3.01. The first kappa shape index (κ1) is 16.6. The number of benzene rings is 1. The average Bonchev–Trinajstić information content (AvgIpc) is 2.97. The molecule has 4 nitrogen and oxygen atoms in total. The first-order valence-corrected chi connectivity index (χ1v) is 7.79. The van der Waals surface area contributed by atoms with E-state index in [0.29, 0.717) is 23.0 Å². The molecule has 0 spiro atoms. The van der Waals surface area contributed by atoms with Crippen LogP contribution in [0.15, 0.2) is 18.2 Å². The van der Waals surface area contributed by atoms with Gasteiger partial charge in [-0.1, -0.05) is 29.3 Å². The zero-order chi connectivity index (χ0) is 15.4. The lowest BCUT2D eigenvalue weighted by Gasteiger charge is -2.27. The second-order valence-corrected chi connectivity index (χ2v) is 6.03. The Kier molecular flexibility index (Phi) is 5.88. The van der Waals surface area contributed by atoms with Gasteiger partial charge in [-0.15, -0.1) is 0 Å². The normalized spacial score (nSPS) is 19.8. The molecular formula is C15H20Cl2N2O2. The van der Waals surface area contributed by atoms with Gasteiger partial charge in [0.15, 0.2) is 0 Å². The summed E-state index contributed by atoms with van der Waals surface area (Å²) in [5.41, 5.74) is 6.61. The van der Waals surface area contributed by atoms with E-state index in [1.807, 2.05) is 17.0 Å². The summed E-state index contributed by atoms with van der Waals surface area (Å²) in [6.07, 6.45) is 2.00. The average molecular weight is 331 g/mol. The van der Waals surface area contributed by atoms with Crippen LogP contribution in [0.5, 0.6) is 0 Å². The molecule has 6 heteroatoms. The monoisotopic (exact) mass is 330 g/mol. The van der Waals surface area contributed by atoms with Crippen molar-refractivity contribution in [3.05, 3.63) is 33.8 Å². The number of hydrogen-bond acceptors (Lipinski definition) is 3. The standard InChI is InChI=1S/C15H20Cl2N2O2/c1-21-11(9-18)8-15(20)19-6-2-3-14(19)10-4-5-12(16)13(17)7-10/h4-5,7,11,14H,2-3,6,8-9,18H2,1H3. The van der Waals surface area contributed by atoms with Gasteiger partial charge in [0.1, 0.15) is 0 Å². The molecule has 1 aromatic rings. The molecule has 21 heavy (non-hydrogen) atoms. The number of carbonyl (C=O) groups is 1. The van der Waals surface area contributed by atoms with E-state index in [9.17, 15) is 4.79 Å². The largest absolute Gasteiger partial charge is 0.380 e. The molecule has 1 fully saturated rings. The van der Waals surface area contributed by atoms with Crippen LogP contribution in [0.3, 0.4) is 0 Å². The van der Waals surface area contributed by atoms with Crippen LogP contribution in [0.25, 0.3) is 0 Å². The van der Waals surface area contributed by atoms with Gasteiger partial charge in [-0.05, 0) is 30.5 Å². The van der Waals surface area contributed by atoms with Crippen LogP contribution in [-0.2, 0) is 9.53 Å². The van der Waals surface area contributed by atoms with Crippen LogP contribution < -0.4 is 5.73 Å². The Morgan fingerprint density at radius 1 is 1.48 bits per heavy atom. The van der Waals surface area contributed by atoms with Crippen LogP contribution in [0.2, 0.25) is 10.0 Å². The maximum absolute atomic E-state index is 12.4. The van der Waals surface area contributed by atoms with Crippen molar-refractivity contribution in [3.63, 3.8) is 0 Å². The third kappa shape index (κ3) is 3.89. The fourth-order valence-electron chi connectivity index (χ4n) is 2.71. The van der Waals surface area contributed by atoms with Crippen molar-refractivity contribution in [2.24, 2.45) is 5.73 Å². The summed E-state index contributed by atoms with van der Waals surface area (Å²) in [4.78, 5) is 14.3. The molecule has 1 aromatic carbocycles.